The molecule has 3 N–H and O–H groups in total. The van der Waals surface area contributed by atoms with Gasteiger partial charge in [-0.05, 0) is 57.8 Å². The second-order valence-corrected chi connectivity index (χ2v) is 19.6. The fourth-order valence-corrected chi connectivity index (χ4v) is 8.81. The molecule has 0 rings (SSSR count). The number of esters is 1. The summed E-state index contributed by atoms with van der Waals surface area (Å²) in [7, 11) is 0. The standard InChI is InChI=1S/C58H111NO5/c1-3-5-7-9-11-13-15-17-19-20-21-22-23-24-25-26-27-28-30-34-38-42-46-50-56(61)55(54-60)59-57(62)51-47-43-39-35-32-33-37-41-45-49-53-64-58(63)52-48-44-40-36-31-29-18-16-14-12-10-8-6-4-2/h16,18,46,50,55-56,60-61H,3-15,17,19-45,47-49,51-54H2,1-2H3,(H,59,62)/b18-16-,50-46+. The minimum atomic E-state index is -0.860. The highest BCUT2D eigenvalue weighted by molar-refractivity contribution is 5.76. The van der Waals surface area contributed by atoms with E-state index in [-0.39, 0.29) is 18.5 Å². The monoisotopic (exact) mass is 902 g/mol. The number of aliphatic hydroxyl groups is 2. The number of nitrogens with one attached hydrogen (secondary N) is 1. The van der Waals surface area contributed by atoms with Crippen LogP contribution in [0, 0.1) is 0 Å². The van der Waals surface area contributed by atoms with E-state index in [0.29, 0.717) is 19.4 Å². The van der Waals surface area contributed by atoms with Gasteiger partial charge in [-0.1, -0.05) is 263 Å². The van der Waals surface area contributed by atoms with Gasteiger partial charge in [-0.25, -0.2) is 0 Å². The number of carbonyl (C=O) groups excluding carboxylic acids is 2. The second-order valence-electron chi connectivity index (χ2n) is 19.6. The third-order valence-corrected chi connectivity index (χ3v) is 13.2. The van der Waals surface area contributed by atoms with E-state index in [0.717, 1.165) is 57.8 Å². The van der Waals surface area contributed by atoms with Crippen LogP contribution in [0.1, 0.15) is 309 Å². The molecule has 0 aliphatic heterocycles. The molecule has 0 fully saturated rings. The molecule has 6 heteroatoms. The highest BCUT2D eigenvalue weighted by Crippen LogP contribution is 2.17. The van der Waals surface area contributed by atoms with Crippen LogP contribution in [0.15, 0.2) is 24.3 Å². The Morgan fingerprint density at radius 2 is 0.734 bits per heavy atom. The van der Waals surface area contributed by atoms with E-state index in [1.54, 1.807) is 6.08 Å². The number of amides is 1. The van der Waals surface area contributed by atoms with Gasteiger partial charge in [0.15, 0.2) is 0 Å². The molecule has 0 aliphatic rings. The van der Waals surface area contributed by atoms with Crippen LogP contribution in [0.5, 0.6) is 0 Å². The molecule has 0 heterocycles. The number of rotatable bonds is 53. The van der Waals surface area contributed by atoms with Crippen LogP contribution < -0.4 is 5.32 Å². The Morgan fingerprint density at radius 1 is 0.422 bits per heavy atom. The zero-order chi connectivity index (χ0) is 46.5. The summed E-state index contributed by atoms with van der Waals surface area (Å²) in [6.07, 6.45) is 64.8. The van der Waals surface area contributed by atoms with E-state index in [4.69, 9.17) is 4.74 Å². The van der Waals surface area contributed by atoms with Gasteiger partial charge in [0.05, 0.1) is 25.4 Å². The van der Waals surface area contributed by atoms with Crippen molar-refractivity contribution in [3.63, 3.8) is 0 Å². The lowest BCUT2D eigenvalue weighted by Crippen LogP contribution is -2.45. The van der Waals surface area contributed by atoms with E-state index >= 15 is 0 Å². The SMILES string of the molecule is CCCCCCC/C=C\CCCCCCCC(=O)OCCCCCCCCCCCCC(=O)NC(CO)C(O)/C=C/CCCCCCCCCCCCCCCCCCCCCCC. The Balaban J connectivity index is 3.51. The number of ether oxygens (including phenoxy) is 1. The summed E-state index contributed by atoms with van der Waals surface area (Å²) in [5.74, 6) is -0.117. The maximum Gasteiger partial charge on any atom is 0.305 e. The lowest BCUT2D eigenvalue weighted by atomic mass is 10.0. The van der Waals surface area contributed by atoms with Gasteiger partial charge in [0.25, 0.3) is 0 Å². The van der Waals surface area contributed by atoms with Gasteiger partial charge in [-0.15, -0.1) is 0 Å². The summed E-state index contributed by atoms with van der Waals surface area (Å²) in [5, 5.41) is 23.2. The van der Waals surface area contributed by atoms with E-state index < -0.39 is 12.1 Å². The number of carbonyl (C=O) groups is 2. The van der Waals surface area contributed by atoms with Gasteiger partial charge in [0.1, 0.15) is 0 Å². The Morgan fingerprint density at radius 3 is 1.11 bits per heavy atom. The molecule has 0 saturated carbocycles. The number of allylic oxidation sites excluding steroid dienone is 3. The van der Waals surface area contributed by atoms with Gasteiger partial charge in [0.2, 0.25) is 5.91 Å². The normalized spacial score (nSPS) is 12.8. The first-order valence-electron chi connectivity index (χ1n) is 28.6. The molecule has 2 unspecified atom stereocenters. The van der Waals surface area contributed by atoms with Crippen molar-refractivity contribution in [2.45, 2.75) is 321 Å². The molecule has 0 bridgehead atoms. The molecule has 0 saturated heterocycles. The van der Waals surface area contributed by atoms with Crippen molar-refractivity contribution in [3.05, 3.63) is 24.3 Å². The van der Waals surface area contributed by atoms with E-state index in [9.17, 15) is 19.8 Å². The molecule has 0 radical (unpaired) electrons. The Kier molecular flexibility index (Phi) is 52.6. The van der Waals surface area contributed by atoms with Crippen LogP contribution in [-0.2, 0) is 14.3 Å². The van der Waals surface area contributed by atoms with Crippen LogP contribution in [0.25, 0.3) is 0 Å². The van der Waals surface area contributed by atoms with Crippen molar-refractivity contribution in [2.75, 3.05) is 13.2 Å². The Labute approximate surface area is 399 Å². The number of hydrogen-bond donors (Lipinski definition) is 3. The fourth-order valence-electron chi connectivity index (χ4n) is 8.81. The van der Waals surface area contributed by atoms with E-state index in [1.807, 2.05) is 6.08 Å². The van der Waals surface area contributed by atoms with Crippen LogP contribution in [0.4, 0.5) is 0 Å². The van der Waals surface area contributed by atoms with E-state index in [2.05, 4.69) is 31.3 Å². The molecular formula is C58H111NO5. The minimum Gasteiger partial charge on any atom is -0.466 e. The molecular weight excluding hydrogens is 791 g/mol. The van der Waals surface area contributed by atoms with Crippen LogP contribution in [0.2, 0.25) is 0 Å². The number of aliphatic hydroxyl groups excluding tert-OH is 2. The third kappa shape index (κ3) is 49.8. The molecule has 0 aromatic rings. The first-order valence-corrected chi connectivity index (χ1v) is 28.6. The average molecular weight is 903 g/mol. The maximum atomic E-state index is 12.5. The van der Waals surface area contributed by atoms with Gasteiger partial charge < -0.3 is 20.3 Å². The topological polar surface area (TPSA) is 95.9 Å². The highest BCUT2D eigenvalue weighted by atomic mass is 16.5. The van der Waals surface area contributed by atoms with Gasteiger partial charge in [-0.3, -0.25) is 9.59 Å². The van der Waals surface area contributed by atoms with Crippen molar-refractivity contribution in [2.24, 2.45) is 0 Å². The van der Waals surface area contributed by atoms with Crippen molar-refractivity contribution >= 4 is 11.9 Å². The zero-order valence-electron chi connectivity index (χ0n) is 43.0. The first-order chi connectivity index (χ1) is 31.5. The van der Waals surface area contributed by atoms with Crippen LogP contribution in [-0.4, -0.2) is 47.4 Å². The number of hydrogen-bond acceptors (Lipinski definition) is 5. The molecule has 0 aromatic carbocycles. The smallest absolute Gasteiger partial charge is 0.305 e. The third-order valence-electron chi connectivity index (χ3n) is 13.2. The first kappa shape index (κ1) is 62.3. The zero-order valence-corrected chi connectivity index (χ0v) is 43.0. The largest absolute Gasteiger partial charge is 0.466 e. The maximum absolute atomic E-state index is 12.5. The molecule has 0 aromatic heterocycles. The summed E-state index contributed by atoms with van der Waals surface area (Å²) >= 11 is 0. The van der Waals surface area contributed by atoms with Gasteiger partial charge >= 0.3 is 5.97 Å². The lowest BCUT2D eigenvalue weighted by molar-refractivity contribution is -0.143. The summed E-state index contributed by atoms with van der Waals surface area (Å²) in [6.45, 7) is 4.85. The quantitative estimate of drug-likeness (QED) is 0.0321. The van der Waals surface area contributed by atoms with Crippen LogP contribution in [0.3, 0.4) is 0 Å². The number of unbranched alkanes of at least 4 members (excludes halogenated alkanes) is 40. The Bertz CT molecular complexity index is 997. The average Bonchev–Trinajstić information content (AvgIpc) is 3.29. The molecule has 64 heavy (non-hydrogen) atoms. The van der Waals surface area contributed by atoms with Crippen LogP contribution >= 0.6 is 0 Å². The van der Waals surface area contributed by atoms with Crippen molar-refractivity contribution in [1.82, 2.24) is 5.32 Å². The lowest BCUT2D eigenvalue weighted by Gasteiger charge is -2.20. The van der Waals surface area contributed by atoms with Crippen molar-refractivity contribution in [1.29, 1.82) is 0 Å². The molecule has 0 aliphatic carbocycles. The van der Waals surface area contributed by atoms with Gasteiger partial charge in [0, 0.05) is 12.8 Å². The molecule has 1 amide bonds. The minimum absolute atomic E-state index is 0.0287. The van der Waals surface area contributed by atoms with Gasteiger partial charge in [-0.2, -0.15) is 0 Å². The molecule has 378 valence electrons. The summed E-state index contributed by atoms with van der Waals surface area (Å²) in [6, 6.07) is -0.646. The second kappa shape index (κ2) is 54.0. The van der Waals surface area contributed by atoms with E-state index in [1.165, 1.54) is 225 Å². The fraction of sp³-hybridized carbons (Fsp3) is 0.897. The van der Waals surface area contributed by atoms with Crippen molar-refractivity contribution < 1.29 is 24.5 Å². The predicted molar refractivity (Wildman–Crippen MR) is 278 cm³/mol. The summed E-state index contributed by atoms with van der Waals surface area (Å²) in [5.41, 5.74) is 0. The Hall–Kier alpha value is -1.66. The highest BCUT2D eigenvalue weighted by Gasteiger charge is 2.18. The molecule has 2 atom stereocenters. The summed E-state index contributed by atoms with van der Waals surface area (Å²) < 4.78 is 5.45. The molecule has 0 spiro atoms. The van der Waals surface area contributed by atoms with Crippen molar-refractivity contribution in [3.8, 4) is 0 Å². The molecule has 6 nitrogen and oxygen atoms in total. The summed E-state index contributed by atoms with van der Waals surface area (Å²) in [4.78, 5) is 24.5. The predicted octanol–water partition coefficient (Wildman–Crippen LogP) is 17.5.